The highest BCUT2D eigenvalue weighted by Gasteiger charge is 2.33. The minimum atomic E-state index is -0.306. The Labute approximate surface area is 184 Å². The van der Waals surface area contributed by atoms with Crippen molar-refractivity contribution in [2.75, 3.05) is 18.4 Å². The topological polar surface area (TPSA) is 93.3 Å². The van der Waals surface area contributed by atoms with E-state index in [1.807, 2.05) is 0 Å². The Morgan fingerprint density at radius 3 is 2.59 bits per heavy atom. The van der Waals surface area contributed by atoms with Crippen molar-refractivity contribution in [1.82, 2.24) is 19.8 Å². The second-order valence-electron chi connectivity index (χ2n) is 8.39. The molecule has 3 aromatic rings. The molecule has 1 fully saturated rings. The lowest BCUT2D eigenvalue weighted by molar-refractivity contribution is -0.121. The van der Waals surface area contributed by atoms with Crippen LogP contribution in [-0.2, 0) is 17.6 Å². The highest BCUT2D eigenvalue weighted by Crippen LogP contribution is 2.30. The van der Waals surface area contributed by atoms with Crippen molar-refractivity contribution in [2.45, 2.75) is 39.0 Å². The molecule has 2 amide bonds. The predicted molar refractivity (Wildman–Crippen MR) is 114 cm³/mol. The van der Waals surface area contributed by atoms with E-state index < -0.39 is 0 Å². The van der Waals surface area contributed by atoms with Crippen molar-refractivity contribution in [3.63, 3.8) is 0 Å². The summed E-state index contributed by atoms with van der Waals surface area (Å²) < 4.78 is 20.1. The van der Waals surface area contributed by atoms with Gasteiger partial charge in [-0.2, -0.15) is 5.10 Å². The number of fused-ring (bicyclic) bond motifs is 1. The number of amides is 2. The SMILES string of the molecule is Cc1cc(NC(=O)C2CCN(C(=O)c3nn(-c4ccc(F)cc4)c4c3CCC4)CC2)no1. The number of nitrogens with zero attached hydrogens (tertiary/aromatic N) is 4. The molecule has 0 bridgehead atoms. The fourth-order valence-corrected chi connectivity index (χ4v) is 4.55. The molecule has 32 heavy (non-hydrogen) atoms. The number of benzene rings is 1. The van der Waals surface area contributed by atoms with Gasteiger partial charge in [-0.05, 0) is 63.3 Å². The third-order valence-electron chi connectivity index (χ3n) is 6.24. The summed E-state index contributed by atoms with van der Waals surface area (Å²) in [6, 6.07) is 7.83. The van der Waals surface area contributed by atoms with Gasteiger partial charge in [0.25, 0.3) is 5.91 Å². The van der Waals surface area contributed by atoms with Gasteiger partial charge in [-0.25, -0.2) is 9.07 Å². The Balaban J connectivity index is 1.28. The number of hydrogen-bond acceptors (Lipinski definition) is 5. The third kappa shape index (κ3) is 3.79. The van der Waals surface area contributed by atoms with Gasteiger partial charge in [0.2, 0.25) is 5.91 Å². The highest BCUT2D eigenvalue weighted by atomic mass is 19.1. The summed E-state index contributed by atoms with van der Waals surface area (Å²) in [5.41, 5.74) is 3.24. The largest absolute Gasteiger partial charge is 0.360 e. The van der Waals surface area contributed by atoms with Crippen molar-refractivity contribution in [3.8, 4) is 5.69 Å². The number of anilines is 1. The molecule has 3 heterocycles. The second-order valence-corrected chi connectivity index (χ2v) is 8.39. The molecule has 0 radical (unpaired) electrons. The van der Waals surface area contributed by atoms with E-state index in [4.69, 9.17) is 4.52 Å². The van der Waals surface area contributed by atoms with Gasteiger partial charge in [-0.3, -0.25) is 9.59 Å². The number of nitrogens with one attached hydrogen (secondary N) is 1. The monoisotopic (exact) mass is 437 g/mol. The molecular weight excluding hydrogens is 413 g/mol. The van der Waals surface area contributed by atoms with Crippen molar-refractivity contribution >= 4 is 17.6 Å². The molecule has 8 nitrogen and oxygen atoms in total. The zero-order chi connectivity index (χ0) is 22.2. The van der Waals surface area contributed by atoms with Crippen LogP contribution in [0, 0.1) is 18.7 Å². The molecule has 0 atom stereocenters. The van der Waals surface area contributed by atoms with Crippen LogP contribution in [0.25, 0.3) is 5.69 Å². The van der Waals surface area contributed by atoms with Crippen LogP contribution < -0.4 is 5.32 Å². The predicted octanol–water partition coefficient (Wildman–Crippen LogP) is 3.29. The normalized spacial score (nSPS) is 16.2. The van der Waals surface area contributed by atoms with Gasteiger partial charge in [0, 0.05) is 36.3 Å². The van der Waals surface area contributed by atoms with E-state index in [-0.39, 0.29) is 23.5 Å². The molecule has 5 rings (SSSR count). The number of halogens is 1. The van der Waals surface area contributed by atoms with E-state index in [2.05, 4.69) is 15.6 Å². The van der Waals surface area contributed by atoms with Crippen LogP contribution >= 0.6 is 0 Å². The van der Waals surface area contributed by atoms with Crippen LogP contribution in [0.2, 0.25) is 0 Å². The van der Waals surface area contributed by atoms with E-state index in [1.165, 1.54) is 12.1 Å². The average molecular weight is 437 g/mol. The van der Waals surface area contributed by atoms with Gasteiger partial charge >= 0.3 is 0 Å². The standard InChI is InChI=1S/C23H24FN5O3/c1-14-13-20(27-32-14)25-22(30)15-9-11-28(12-10-15)23(31)21-18-3-2-4-19(18)29(26-21)17-7-5-16(24)6-8-17/h5-8,13,15H,2-4,9-12H2,1H3,(H,25,27,30). The minimum absolute atomic E-state index is 0.102. The fourth-order valence-electron chi connectivity index (χ4n) is 4.55. The molecule has 2 aromatic heterocycles. The summed E-state index contributed by atoms with van der Waals surface area (Å²) in [6.07, 6.45) is 3.79. The molecule has 2 aliphatic rings. The molecule has 9 heteroatoms. The Hall–Kier alpha value is -3.49. The Kier molecular flexibility index (Phi) is 5.24. The molecule has 166 valence electrons. The van der Waals surface area contributed by atoms with Gasteiger partial charge in [0.05, 0.1) is 5.69 Å². The Morgan fingerprint density at radius 2 is 1.91 bits per heavy atom. The van der Waals surface area contributed by atoms with Crippen molar-refractivity contribution in [1.29, 1.82) is 0 Å². The molecule has 1 aromatic carbocycles. The number of hydrogen-bond donors (Lipinski definition) is 1. The van der Waals surface area contributed by atoms with E-state index in [1.54, 1.807) is 34.7 Å². The number of likely N-dealkylation sites (tertiary alicyclic amines) is 1. The van der Waals surface area contributed by atoms with Crippen LogP contribution in [0.15, 0.2) is 34.9 Å². The molecule has 0 unspecified atom stereocenters. The van der Waals surface area contributed by atoms with E-state index in [0.29, 0.717) is 43.2 Å². The van der Waals surface area contributed by atoms with Crippen molar-refractivity contribution in [2.24, 2.45) is 5.92 Å². The number of carbonyl (C=O) groups is 2. The summed E-state index contributed by atoms with van der Waals surface area (Å²) in [5.74, 6) is 0.348. The van der Waals surface area contributed by atoms with Crippen molar-refractivity contribution in [3.05, 3.63) is 58.9 Å². The Bertz CT molecular complexity index is 1160. The van der Waals surface area contributed by atoms with E-state index in [0.717, 1.165) is 36.2 Å². The summed E-state index contributed by atoms with van der Waals surface area (Å²) in [5, 5.41) is 11.2. The van der Waals surface area contributed by atoms with Gasteiger partial charge in [-0.15, -0.1) is 0 Å². The zero-order valence-electron chi connectivity index (χ0n) is 17.8. The number of aromatic nitrogens is 3. The average Bonchev–Trinajstić information content (AvgIpc) is 3.51. The van der Waals surface area contributed by atoms with Crippen LogP contribution in [0.1, 0.15) is 46.8 Å². The highest BCUT2D eigenvalue weighted by molar-refractivity contribution is 5.95. The van der Waals surface area contributed by atoms with Crippen LogP contribution in [0.5, 0.6) is 0 Å². The lowest BCUT2D eigenvalue weighted by Gasteiger charge is -2.30. The third-order valence-corrected chi connectivity index (χ3v) is 6.24. The molecule has 0 spiro atoms. The van der Waals surface area contributed by atoms with Crippen LogP contribution in [0.3, 0.4) is 0 Å². The first-order valence-electron chi connectivity index (χ1n) is 10.9. The first-order valence-corrected chi connectivity index (χ1v) is 10.9. The summed E-state index contributed by atoms with van der Waals surface area (Å²) in [4.78, 5) is 27.6. The number of carbonyl (C=O) groups excluding carboxylic acids is 2. The molecule has 1 N–H and O–H groups in total. The zero-order valence-corrected chi connectivity index (χ0v) is 17.8. The number of piperidine rings is 1. The Morgan fingerprint density at radius 1 is 1.16 bits per heavy atom. The summed E-state index contributed by atoms with van der Waals surface area (Å²) in [6.45, 7) is 2.75. The quantitative estimate of drug-likeness (QED) is 0.676. The first kappa shape index (κ1) is 20.4. The maximum Gasteiger partial charge on any atom is 0.274 e. The van der Waals surface area contributed by atoms with Gasteiger partial charge in [0.15, 0.2) is 11.5 Å². The van der Waals surface area contributed by atoms with E-state index in [9.17, 15) is 14.0 Å². The molecule has 0 saturated carbocycles. The molecule has 1 aliphatic carbocycles. The van der Waals surface area contributed by atoms with Gasteiger partial charge in [-0.1, -0.05) is 5.16 Å². The lowest BCUT2D eigenvalue weighted by Crippen LogP contribution is -2.41. The van der Waals surface area contributed by atoms with Gasteiger partial charge in [0.1, 0.15) is 11.6 Å². The maximum atomic E-state index is 13.3. The summed E-state index contributed by atoms with van der Waals surface area (Å²) in [7, 11) is 0. The van der Waals surface area contributed by atoms with Crippen LogP contribution in [0.4, 0.5) is 10.2 Å². The van der Waals surface area contributed by atoms with Crippen molar-refractivity contribution < 1.29 is 18.5 Å². The number of rotatable bonds is 4. The summed E-state index contributed by atoms with van der Waals surface area (Å²) >= 11 is 0. The molecule has 1 saturated heterocycles. The second kappa shape index (κ2) is 8.22. The fraction of sp³-hybridized carbons (Fsp3) is 0.391. The van der Waals surface area contributed by atoms with Gasteiger partial charge < -0.3 is 14.7 Å². The minimum Gasteiger partial charge on any atom is -0.360 e. The maximum absolute atomic E-state index is 13.3. The molecular formula is C23H24FN5O3. The first-order chi connectivity index (χ1) is 15.5. The van der Waals surface area contributed by atoms with Crippen LogP contribution in [-0.4, -0.2) is 44.7 Å². The van der Waals surface area contributed by atoms with E-state index >= 15 is 0 Å². The lowest BCUT2D eigenvalue weighted by atomic mass is 9.95. The smallest absolute Gasteiger partial charge is 0.274 e. The molecule has 1 aliphatic heterocycles. The number of aryl methyl sites for hydroxylation is 1.